The molecule has 0 atom stereocenters. The van der Waals surface area contributed by atoms with E-state index in [4.69, 9.17) is 4.42 Å². The van der Waals surface area contributed by atoms with Gasteiger partial charge in [0.05, 0.1) is 5.41 Å². The molecule has 4 nitrogen and oxygen atoms in total. The average Bonchev–Trinajstić information content (AvgIpc) is 2.78. The van der Waals surface area contributed by atoms with Gasteiger partial charge in [-0.25, -0.2) is 4.98 Å². The predicted molar refractivity (Wildman–Crippen MR) is 77.8 cm³/mol. The number of carboxylic acid groups (broad SMARTS) is 1. The van der Waals surface area contributed by atoms with Crippen LogP contribution in [0.4, 0.5) is 0 Å². The fourth-order valence-electron chi connectivity index (χ4n) is 2.67. The van der Waals surface area contributed by atoms with Crippen molar-refractivity contribution in [1.82, 2.24) is 4.98 Å². The summed E-state index contributed by atoms with van der Waals surface area (Å²) in [5, 5.41) is 9.49. The Balaban J connectivity index is 2.44. The van der Waals surface area contributed by atoms with Crippen LogP contribution in [0.2, 0.25) is 0 Å². The van der Waals surface area contributed by atoms with E-state index >= 15 is 0 Å². The zero-order valence-electron chi connectivity index (χ0n) is 12.5. The van der Waals surface area contributed by atoms with Crippen LogP contribution < -0.4 is 0 Å². The SMILES string of the molecule is CCC(CC)(Cc1nc2cc(C)cc(C)c2o1)C(=O)O. The van der Waals surface area contributed by atoms with E-state index in [0.29, 0.717) is 25.2 Å². The molecule has 0 aliphatic heterocycles. The van der Waals surface area contributed by atoms with Gasteiger partial charge < -0.3 is 9.52 Å². The molecule has 0 radical (unpaired) electrons. The van der Waals surface area contributed by atoms with Crippen LogP contribution in [0.25, 0.3) is 11.1 Å². The topological polar surface area (TPSA) is 63.3 Å². The van der Waals surface area contributed by atoms with Gasteiger partial charge in [0.2, 0.25) is 0 Å². The second-order valence-corrected chi connectivity index (χ2v) is 5.51. The molecule has 0 saturated heterocycles. The first-order valence-electron chi connectivity index (χ1n) is 7.02. The second-order valence-electron chi connectivity index (χ2n) is 5.51. The second kappa shape index (κ2) is 5.27. The summed E-state index contributed by atoms with van der Waals surface area (Å²) < 4.78 is 5.79. The molecular weight excluding hydrogens is 254 g/mol. The first-order valence-corrected chi connectivity index (χ1v) is 7.02. The van der Waals surface area contributed by atoms with E-state index in [2.05, 4.69) is 4.98 Å². The number of benzene rings is 1. The van der Waals surface area contributed by atoms with Gasteiger partial charge in [0.15, 0.2) is 11.5 Å². The monoisotopic (exact) mass is 275 g/mol. The van der Waals surface area contributed by atoms with Crippen molar-refractivity contribution in [3.63, 3.8) is 0 Å². The molecule has 0 spiro atoms. The molecule has 0 amide bonds. The largest absolute Gasteiger partial charge is 0.481 e. The fraction of sp³-hybridized carbons (Fsp3) is 0.500. The van der Waals surface area contributed by atoms with Crippen LogP contribution in [-0.2, 0) is 11.2 Å². The number of nitrogens with zero attached hydrogens (tertiary/aromatic N) is 1. The molecule has 4 heteroatoms. The lowest BCUT2D eigenvalue weighted by atomic mass is 9.79. The van der Waals surface area contributed by atoms with Gasteiger partial charge in [0.25, 0.3) is 0 Å². The molecule has 1 aromatic heterocycles. The van der Waals surface area contributed by atoms with Crippen molar-refractivity contribution in [2.24, 2.45) is 5.41 Å². The lowest BCUT2D eigenvalue weighted by Crippen LogP contribution is -2.32. The van der Waals surface area contributed by atoms with Crippen LogP contribution in [0.15, 0.2) is 16.5 Å². The summed E-state index contributed by atoms with van der Waals surface area (Å²) in [4.78, 5) is 16.0. The molecular formula is C16H21NO3. The summed E-state index contributed by atoms with van der Waals surface area (Å²) in [7, 11) is 0. The van der Waals surface area contributed by atoms with Crippen molar-refractivity contribution in [3.8, 4) is 0 Å². The van der Waals surface area contributed by atoms with E-state index in [0.717, 1.165) is 22.2 Å². The lowest BCUT2D eigenvalue weighted by molar-refractivity contribution is -0.149. The quantitative estimate of drug-likeness (QED) is 0.899. The molecule has 0 aliphatic rings. The van der Waals surface area contributed by atoms with Gasteiger partial charge in [-0.1, -0.05) is 19.9 Å². The summed E-state index contributed by atoms with van der Waals surface area (Å²) in [6.45, 7) is 7.79. The van der Waals surface area contributed by atoms with Crippen LogP contribution in [0.5, 0.6) is 0 Å². The van der Waals surface area contributed by atoms with E-state index in [1.165, 1.54) is 0 Å². The van der Waals surface area contributed by atoms with Crippen LogP contribution in [0.3, 0.4) is 0 Å². The van der Waals surface area contributed by atoms with E-state index in [9.17, 15) is 9.90 Å². The summed E-state index contributed by atoms with van der Waals surface area (Å²) in [5.74, 6) is -0.266. The first kappa shape index (κ1) is 14.6. The summed E-state index contributed by atoms with van der Waals surface area (Å²) in [5.41, 5.74) is 2.95. The highest BCUT2D eigenvalue weighted by molar-refractivity contribution is 5.78. The van der Waals surface area contributed by atoms with E-state index in [1.807, 2.05) is 39.8 Å². The van der Waals surface area contributed by atoms with Gasteiger partial charge in [-0.15, -0.1) is 0 Å². The number of aryl methyl sites for hydroxylation is 2. The third-order valence-electron chi connectivity index (χ3n) is 4.16. The van der Waals surface area contributed by atoms with E-state index in [-0.39, 0.29) is 0 Å². The van der Waals surface area contributed by atoms with Crippen molar-refractivity contribution >= 4 is 17.1 Å². The molecule has 1 aromatic carbocycles. The molecule has 2 aromatic rings. The molecule has 0 unspecified atom stereocenters. The van der Waals surface area contributed by atoms with Crippen LogP contribution in [0, 0.1) is 19.3 Å². The van der Waals surface area contributed by atoms with Crippen molar-refractivity contribution < 1.29 is 14.3 Å². The molecule has 108 valence electrons. The third kappa shape index (κ3) is 2.42. The smallest absolute Gasteiger partial charge is 0.310 e. The fourth-order valence-corrected chi connectivity index (χ4v) is 2.67. The number of aromatic nitrogens is 1. The molecule has 0 aliphatic carbocycles. The number of aliphatic carboxylic acids is 1. The molecule has 0 bridgehead atoms. The van der Waals surface area contributed by atoms with Crippen molar-refractivity contribution in [2.45, 2.75) is 47.0 Å². The molecule has 1 heterocycles. The van der Waals surface area contributed by atoms with Crippen LogP contribution >= 0.6 is 0 Å². The normalized spacial score (nSPS) is 12.0. The number of carbonyl (C=O) groups is 1. The Morgan fingerprint density at radius 1 is 1.30 bits per heavy atom. The Labute approximate surface area is 118 Å². The number of carboxylic acids is 1. The highest BCUT2D eigenvalue weighted by atomic mass is 16.4. The average molecular weight is 275 g/mol. The van der Waals surface area contributed by atoms with Crippen LogP contribution in [-0.4, -0.2) is 16.1 Å². The van der Waals surface area contributed by atoms with Gasteiger partial charge in [0, 0.05) is 6.42 Å². The highest BCUT2D eigenvalue weighted by Gasteiger charge is 2.36. The van der Waals surface area contributed by atoms with E-state index in [1.54, 1.807) is 0 Å². The number of oxazole rings is 1. The van der Waals surface area contributed by atoms with Gasteiger partial charge in [-0.3, -0.25) is 4.79 Å². The summed E-state index contributed by atoms with van der Waals surface area (Å²) in [6, 6.07) is 4.01. The number of hydrogen-bond donors (Lipinski definition) is 1. The maximum Gasteiger partial charge on any atom is 0.310 e. The molecule has 20 heavy (non-hydrogen) atoms. The zero-order chi connectivity index (χ0) is 14.9. The molecule has 0 saturated carbocycles. The van der Waals surface area contributed by atoms with Crippen molar-refractivity contribution in [1.29, 1.82) is 0 Å². The van der Waals surface area contributed by atoms with Gasteiger partial charge in [0.1, 0.15) is 5.52 Å². The number of hydrogen-bond acceptors (Lipinski definition) is 3. The maximum absolute atomic E-state index is 11.6. The summed E-state index contributed by atoms with van der Waals surface area (Å²) in [6.07, 6.45) is 1.47. The highest BCUT2D eigenvalue weighted by Crippen LogP contribution is 2.32. The number of fused-ring (bicyclic) bond motifs is 1. The number of rotatable bonds is 5. The van der Waals surface area contributed by atoms with Crippen molar-refractivity contribution in [2.75, 3.05) is 0 Å². The van der Waals surface area contributed by atoms with Gasteiger partial charge in [-0.05, 0) is 43.9 Å². The van der Waals surface area contributed by atoms with Crippen molar-refractivity contribution in [3.05, 3.63) is 29.2 Å². The molecule has 1 N–H and O–H groups in total. The summed E-state index contributed by atoms with van der Waals surface area (Å²) >= 11 is 0. The Morgan fingerprint density at radius 2 is 1.95 bits per heavy atom. The Kier molecular flexibility index (Phi) is 3.84. The third-order valence-corrected chi connectivity index (χ3v) is 4.16. The minimum atomic E-state index is -0.788. The molecule has 0 fully saturated rings. The predicted octanol–water partition coefficient (Wildman–Crippen LogP) is 3.88. The van der Waals surface area contributed by atoms with Gasteiger partial charge >= 0.3 is 5.97 Å². The first-order chi connectivity index (χ1) is 9.41. The standard InChI is InChI=1S/C16H21NO3/c1-5-16(6-2,15(18)19)9-13-17-12-8-10(3)7-11(4)14(12)20-13/h7-8H,5-6,9H2,1-4H3,(H,18,19). The maximum atomic E-state index is 11.6. The Hall–Kier alpha value is -1.84. The lowest BCUT2D eigenvalue weighted by Gasteiger charge is -2.24. The van der Waals surface area contributed by atoms with Gasteiger partial charge in [-0.2, -0.15) is 0 Å². The Bertz CT molecular complexity index is 638. The minimum absolute atomic E-state index is 0.336. The van der Waals surface area contributed by atoms with Crippen LogP contribution in [0.1, 0.15) is 43.7 Å². The van der Waals surface area contributed by atoms with E-state index < -0.39 is 11.4 Å². The Morgan fingerprint density at radius 3 is 2.50 bits per heavy atom. The minimum Gasteiger partial charge on any atom is -0.481 e. The molecule has 2 rings (SSSR count). The zero-order valence-corrected chi connectivity index (χ0v) is 12.5.